The van der Waals surface area contributed by atoms with Crippen LogP contribution in [0.1, 0.15) is 122 Å². The predicted octanol–water partition coefficient (Wildman–Crippen LogP) is 9.50. The quantitative estimate of drug-likeness (QED) is 0.134. The first-order valence-corrected chi connectivity index (χ1v) is 15.3. The minimum atomic E-state index is -0.427. The summed E-state index contributed by atoms with van der Waals surface area (Å²) in [7, 11) is 0. The first-order valence-electron chi connectivity index (χ1n) is 15.3. The SMILES string of the molecule is CCCCc1ccc(OC(=O)c2ccc(C(=O)Oc3ccc(CCCC)cc3CCCC)cc2)c(CCCC)c1. The van der Waals surface area contributed by atoms with Crippen LogP contribution in [-0.4, -0.2) is 11.9 Å². The lowest BCUT2D eigenvalue weighted by molar-refractivity contribution is 0.0719. The zero-order chi connectivity index (χ0) is 28.7. The summed E-state index contributed by atoms with van der Waals surface area (Å²) in [6, 6.07) is 18.8. The van der Waals surface area contributed by atoms with Crippen molar-refractivity contribution in [2.45, 2.75) is 105 Å². The summed E-state index contributed by atoms with van der Waals surface area (Å²) in [6.07, 6.45) is 12.6. The first-order chi connectivity index (χ1) is 19.5. The van der Waals surface area contributed by atoms with Crippen molar-refractivity contribution in [1.29, 1.82) is 0 Å². The van der Waals surface area contributed by atoms with Gasteiger partial charge in [0.15, 0.2) is 0 Å². The van der Waals surface area contributed by atoms with Gasteiger partial charge < -0.3 is 9.47 Å². The van der Waals surface area contributed by atoms with Gasteiger partial charge in [-0.05, 0) is 110 Å². The zero-order valence-electron chi connectivity index (χ0n) is 24.9. The van der Waals surface area contributed by atoms with Gasteiger partial charge in [0, 0.05) is 0 Å². The van der Waals surface area contributed by atoms with Gasteiger partial charge in [-0.3, -0.25) is 0 Å². The summed E-state index contributed by atoms with van der Waals surface area (Å²) >= 11 is 0. The number of rotatable bonds is 16. The molecule has 0 aromatic heterocycles. The van der Waals surface area contributed by atoms with Crippen molar-refractivity contribution in [3.05, 3.63) is 94.0 Å². The molecule has 40 heavy (non-hydrogen) atoms. The number of hydrogen-bond acceptors (Lipinski definition) is 4. The fourth-order valence-electron chi connectivity index (χ4n) is 4.72. The molecule has 0 spiro atoms. The number of esters is 2. The Bertz CT molecular complexity index is 1130. The smallest absolute Gasteiger partial charge is 0.343 e. The van der Waals surface area contributed by atoms with Crippen molar-refractivity contribution >= 4 is 11.9 Å². The molecule has 0 N–H and O–H groups in total. The average Bonchev–Trinajstić information content (AvgIpc) is 2.98. The molecular weight excluding hydrogens is 496 g/mol. The molecule has 0 unspecified atom stereocenters. The Hall–Kier alpha value is -3.40. The van der Waals surface area contributed by atoms with Gasteiger partial charge in [0.05, 0.1) is 11.1 Å². The normalized spacial score (nSPS) is 10.9. The third-order valence-electron chi connectivity index (χ3n) is 7.25. The van der Waals surface area contributed by atoms with E-state index in [0.29, 0.717) is 22.6 Å². The second-order valence-corrected chi connectivity index (χ2v) is 10.7. The van der Waals surface area contributed by atoms with Gasteiger partial charge in [0.2, 0.25) is 0 Å². The largest absolute Gasteiger partial charge is 0.423 e. The molecule has 0 radical (unpaired) electrons. The molecule has 0 aliphatic carbocycles. The second-order valence-electron chi connectivity index (χ2n) is 10.7. The van der Waals surface area contributed by atoms with Crippen molar-refractivity contribution in [1.82, 2.24) is 0 Å². The Morgan fingerprint density at radius 2 is 0.850 bits per heavy atom. The molecule has 214 valence electrons. The van der Waals surface area contributed by atoms with Crippen LogP contribution in [0, 0.1) is 0 Å². The second kappa shape index (κ2) is 16.6. The van der Waals surface area contributed by atoms with Gasteiger partial charge in [-0.2, -0.15) is 0 Å². The molecule has 0 heterocycles. The number of carbonyl (C=O) groups excluding carboxylic acids is 2. The number of carbonyl (C=O) groups is 2. The summed E-state index contributed by atoms with van der Waals surface area (Å²) in [6.45, 7) is 8.70. The Labute approximate surface area is 241 Å². The average molecular weight is 543 g/mol. The van der Waals surface area contributed by atoms with Gasteiger partial charge in [-0.25, -0.2) is 9.59 Å². The third kappa shape index (κ3) is 9.36. The molecule has 0 aliphatic heterocycles. The maximum Gasteiger partial charge on any atom is 0.343 e. The molecular formula is C36H46O4. The van der Waals surface area contributed by atoms with Gasteiger partial charge in [0.1, 0.15) is 11.5 Å². The maximum atomic E-state index is 13.0. The van der Waals surface area contributed by atoms with E-state index >= 15 is 0 Å². The van der Waals surface area contributed by atoms with Crippen LogP contribution in [0.3, 0.4) is 0 Å². The van der Waals surface area contributed by atoms with Crippen molar-refractivity contribution in [2.24, 2.45) is 0 Å². The van der Waals surface area contributed by atoms with E-state index in [0.717, 1.165) is 88.2 Å². The van der Waals surface area contributed by atoms with Gasteiger partial charge in [0.25, 0.3) is 0 Å². The lowest BCUT2D eigenvalue weighted by atomic mass is 10.0. The van der Waals surface area contributed by atoms with E-state index in [2.05, 4.69) is 52.0 Å². The highest BCUT2D eigenvalue weighted by Gasteiger charge is 2.16. The molecule has 4 heteroatoms. The van der Waals surface area contributed by atoms with Crippen LogP contribution in [0.15, 0.2) is 60.7 Å². The van der Waals surface area contributed by atoms with Crippen molar-refractivity contribution in [2.75, 3.05) is 0 Å². The molecule has 0 fully saturated rings. The Balaban J connectivity index is 1.70. The molecule has 3 aromatic rings. The lowest BCUT2D eigenvalue weighted by Gasteiger charge is -2.13. The van der Waals surface area contributed by atoms with Crippen molar-refractivity contribution in [3.63, 3.8) is 0 Å². The summed E-state index contributed by atoms with van der Waals surface area (Å²) in [5, 5.41) is 0. The van der Waals surface area contributed by atoms with Gasteiger partial charge in [-0.15, -0.1) is 0 Å². The van der Waals surface area contributed by atoms with Crippen LogP contribution < -0.4 is 9.47 Å². The molecule has 0 amide bonds. The summed E-state index contributed by atoms with van der Waals surface area (Å²) < 4.78 is 11.6. The van der Waals surface area contributed by atoms with Crippen LogP contribution in [0.25, 0.3) is 0 Å². The highest BCUT2D eigenvalue weighted by atomic mass is 16.5. The number of hydrogen-bond donors (Lipinski definition) is 0. The molecule has 0 saturated carbocycles. The van der Waals surface area contributed by atoms with E-state index in [9.17, 15) is 9.59 Å². The standard InChI is InChI=1S/C36H46O4/c1-5-9-13-27-17-23-33(31(25-27)15-11-7-3)39-35(37)29-19-21-30(22-20-29)36(38)40-34-24-18-28(14-10-6-2)26-32(34)16-12-8-4/h17-26H,5-16H2,1-4H3. The van der Waals surface area contributed by atoms with E-state index in [1.165, 1.54) is 11.1 Å². The van der Waals surface area contributed by atoms with E-state index in [4.69, 9.17) is 9.47 Å². The first kappa shape index (κ1) is 31.1. The Morgan fingerprint density at radius 3 is 1.20 bits per heavy atom. The number of benzene rings is 3. The minimum absolute atomic E-state index is 0.400. The molecule has 0 atom stereocenters. The Kier molecular flexibility index (Phi) is 13.0. The monoisotopic (exact) mass is 542 g/mol. The zero-order valence-corrected chi connectivity index (χ0v) is 24.9. The Morgan fingerprint density at radius 1 is 0.500 bits per heavy atom. The third-order valence-corrected chi connectivity index (χ3v) is 7.25. The number of ether oxygens (including phenoxy) is 2. The van der Waals surface area contributed by atoms with Crippen LogP contribution in [-0.2, 0) is 25.7 Å². The molecule has 3 rings (SSSR count). The molecule has 0 bridgehead atoms. The predicted molar refractivity (Wildman–Crippen MR) is 164 cm³/mol. The molecule has 4 nitrogen and oxygen atoms in total. The maximum absolute atomic E-state index is 13.0. The number of aryl methyl sites for hydroxylation is 4. The topological polar surface area (TPSA) is 52.6 Å². The summed E-state index contributed by atoms with van der Waals surface area (Å²) in [4.78, 5) is 26.0. The molecule has 0 saturated heterocycles. The summed E-state index contributed by atoms with van der Waals surface area (Å²) in [5.41, 5.74) is 5.51. The lowest BCUT2D eigenvalue weighted by Crippen LogP contribution is -2.13. The fourth-order valence-corrected chi connectivity index (χ4v) is 4.72. The van der Waals surface area contributed by atoms with Crippen molar-refractivity contribution < 1.29 is 19.1 Å². The highest BCUT2D eigenvalue weighted by molar-refractivity contribution is 5.95. The van der Waals surface area contributed by atoms with Crippen molar-refractivity contribution in [3.8, 4) is 11.5 Å². The fraction of sp³-hybridized carbons (Fsp3) is 0.444. The van der Waals surface area contributed by atoms with Crippen LogP contribution in [0.4, 0.5) is 0 Å². The van der Waals surface area contributed by atoms with Gasteiger partial charge >= 0.3 is 11.9 Å². The van der Waals surface area contributed by atoms with E-state index in [-0.39, 0.29) is 0 Å². The van der Waals surface area contributed by atoms with E-state index in [1.54, 1.807) is 24.3 Å². The van der Waals surface area contributed by atoms with E-state index in [1.807, 2.05) is 12.1 Å². The molecule has 3 aromatic carbocycles. The van der Waals surface area contributed by atoms with E-state index < -0.39 is 11.9 Å². The van der Waals surface area contributed by atoms with Crippen LogP contribution in [0.5, 0.6) is 11.5 Å². The highest BCUT2D eigenvalue weighted by Crippen LogP contribution is 2.26. The van der Waals surface area contributed by atoms with Gasteiger partial charge in [-0.1, -0.05) is 77.6 Å². The van der Waals surface area contributed by atoms with Crippen LogP contribution in [0.2, 0.25) is 0 Å². The molecule has 0 aliphatic rings. The minimum Gasteiger partial charge on any atom is -0.423 e. The van der Waals surface area contributed by atoms with Crippen LogP contribution >= 0.6 is 0 Å². The number of unbranched alkanes of at least 4 members (excludes halogenated alkanes) is 4. The summed E-state index contributed by atoms with van der Waals surface area (Å²) in [5.74, 6) is 0.375.